The summed E-state index contributed by atoms with van der Waals surface area (Å²) in [4.78, 5) is 10.6. The van der Waals surface area contributed by atoms with Crippen molar-refractivity contribution in [3.8, 4) is 5.75 Å². The van der Waals surface area contributed by atoms with E-state index in [2.05, 4.69) is 4.74 Å². The highest BCUT2D eigenvalue weighted by Crippen LogP contribution is 2.37. The van der Waals surface area contributed by atoms with Crippen molar-refractivity contribution in [2.45, 2.75) is 13.1 Å². The van der Waals surface area contributed by atoms with Crippen molar-refractivity contribution < 1.29 is 22.7 Å². The summed E-state index contributed by atoms with van der Waals surface area (Å²) in [6, 6.07) is 2.80. The molecule has 2 nitrogen and oxygen atoms in total. The zero-order valence-corrected chi connectivity index (χ0v) is 8.32. The van der Waals surface area contributed by atoms with Crippen molar-refractivity contribution in [1.82, 2.24) is 0 Å². The molecule has 0 fully saturated rings. The van der Waals surface area contributed by atoms with Crippen LogP contribution >= 0.6 is 11.6 Å². The minimum Gasteiger partial charge on any atom is -0.426 e. The molecule has 82 valence electrons. The van der Waals surface area contributed by atoms with E-state index >= 15 is 0 Å². The molecule has 0 N–H and O–H groups in total. The van der Waals surface area contributed by atoms with Crippen LogP contribution in [0, 0.1) is 0 Å². The molecule has 0 aliphatic rings. The molecule has 1 rings (SSSR count). The van der Waals surface area contributed by atoms with Gasteiger partial charge in [-0.05, 0) is 12.1 Å². The number of carbonyl (C=O) groups is 1. The number of rotatable bonds is 1. The van der Waals surface area contributed by atoms with Crippen LogP contribution in [0.4, 0.5) is 13.2 Å². The molecule has 0 aliphatic heterocycles. The summed E-state index contributed by atoms with van der Waals surface area (Å²) in [6.07, 6.45) is -4.57. The van der Waals surface area contributed by atoms with Gasteiger partial charge in [-0.3, -0.25) is 4.79 Å². The van der Waals surface area contributed by atoms with Crippen molar-refractivity contribution in [3.63, 3.8) is 0 Å². The van der Waals surface area contributed by atoms with E-state index in [4.69, 9.17) is 11.6 Å². The number of hydrogen-bond donors (Lipinski definition) is 0. The lowest BCUT2D eigenvalue weighted by molar-refractivity contribution is -0.141. The first kappa shape index (κ1) is 11.8. The Hall–Kier alpha value is -1.23. The monoisotopic (exact) mass is 238 g/mol. The molecule has 1 aromatic carbocycles. The van der Waals surface area contributed by atoms with E-state index in [0.29, 0.717) is 0 Å². The summed E-state index contributed by atoms with van der Waals surface area (Å²) in [5.41, 5.74) is -1.03. The molecule has 0 saturated heterocycles. The van der Waals surface area contributed by atoms with Crippen LogP contribution in [0.5, 0.6) is 5.75 Å². The Labute approximate surface area is 88.6 Å². The molecule has 6 heteroatoms. The molecule has 0 unspecified atom stereocenters. The summed E-state index contributed by atoms with van der Waals surface area (Å²) in [6.45, 7) is 1.01. The van der Waals surface area contributed by atoms with Crippen LogP contribution in [0.2, 0.25) is 5.02 Å². The molecule has 1 aromatic rings. The van der Waals surface area contributed by atoms with Crippen molar-refractivity contribution in [2.24, 2.45) is 0 Å². The number of alkyl halides is 3. The average Bonchev–Trinajstić information content (AvgIpc) is 1.99. The van der Waals surface area contributed by atoms with Gasteiger partial charge < -0.3 is 4.74 Å². The highest BCUT2D eigenvalue weighted by atomic mass is 35.5. The van der Waals surface area contributed by atoms with Crippen LogP contribution in [-0.2, 0) is 11.0 Å². The Morgan fingerprint density at radius 2 is 2.00 bits per heavy atom. The predicted molar refractivity (Wildman–Crippen MR) is 47.8 cm³/mol. The van der Waals surface area contributed by atoms with Gasteiger partial charge in [0, 0.05) is 18.0 Å². The molecule has 0 heterocycles. The number of hydrogen-bond acceptors (Lipinski definition) is 2. The number of ether oxygens (including phenoxy) is 1. The molecule has 0 spiro atoms. The van der Waals surface area contributed by atoms with E-state index in [1.807, 2.05) is 0 Å². The third-order valence-electron chi connectivity index (χ3n) is 1.50. The molecule has 0 amide bonds. The van der Waals surface area contributed by atoms with Gasteiger partial charge in [0.2, 0.25) is 0 Å². The minimum atomic E-state index is -4.57. The Morgan fingerprint density at radius 3 is 2.47 bits per heavy atom. The fraction of sp³-hybridized carbons (Fsp3) is 0.222. The Morgan fingerprint density at radius 1 is 1.40 bits per heavy atom. The van der Waals surface area contributed by atoms with E-state index in [0.717, 1.165) is 25.1 Å². The average molecular weight is 239 g/mol. The fourth-order valence-corrected chi connectivity index (χ4v) is 1.13. The van der Waals surface area contributed by atoms with Gasteiger partial charge in [-0.1, -0.05) is 11.6 Å². The third-order valence-corrected chi connectivity index (χ3v) is 1.74. The molecular formula is C9H6ClF3O2. The largest absolute Gasteiger partial charge is 0.426 e. The second-order valence-electron chi connectivity index (χ2n) is 2.73. The quantitative estimate of drug-likeness (QED) is 0.554. The van der Waals surface area contributed by atoms with Crippen LogP contribution in [-0.4, -0.2) is 5.97 Å². The summed E-state index contributed by atoms with van der Waals surface area (Å²) in [7, 11) is 0. The van der Waals surface area contributed by atoms with Crippen molar-refractivity contribution >= 4 is 17.6 Å². The lowest BCUT2D eigenvalue weighted by Gasteiger charge is -2.11. The summed E-state index contributed by atoms with van der Waals surface area (Å²) in [5, 5.41) is 0.0688. The lowest BCUT2D eigenvalue weighted by Crippen LogP contribution is -2.11. The van der Waals surface area contributed by atoms with Crippen molar-refractivity contribution in [3.05, 3.63) is 28.8 Å². The number of benzene rings is 1. The zero-order chi connectivity index (χ0) is 11.6. The second kappa shape index (κ2) is 4.10. The van der Waals surface area contributed by atoms with Gasteiger partial charge in [0.25, 0.3) is 0 Å². The standard InChI is InChI=1S/C9H6ClF3O2/c1-5(14)15-8-4-6(10)2-3-7(8)9(11,12)13/h2-4H,1H3. The Balaban J connectivity index is 3.20. The summed E-state index contributed by atoms with van der Waals surface area (Å²) < 4.78 is 41.6. The number of halogens is 4. The van der Waals surface area contributed by atoms with Crippen molar-refractivity contribution in [1.29, 1.82) is 0 Å². The van der Waals surface area contributed by atoms with Gasteiger partial charge in [0.05, 0.1) is 5.56 Å². The second-order valence-corrected chi connectivity index (χ2v) is 3.17. The van der Waals surface area contributed by atoms with E-state index in [-0.39, 0.29) is 5.02 Å². The molecule has 0 bridgehead atoms. The molecule has 15 heavy (non-hydrogen) atoms. The molecular weight excluding hydrogens is 233 g/mol. The van der Waals surface area contributed by atoms with Crippen LogP contribution in [0.3, 0.4) is 0 Å². The first-order valence-electron chi connectivity index (χ1n) is 3.86. The van der Waals surface area contributed by atoms with Crippen LogP contribution < -0.4 is 4.74 Å². The Kier molecular flexibility index (Phi) is 3.24. The molecule has 0 atom stereocenters. The summed E-state index contributed by atoms with van der Waals surface area (Å²) >= 11 is 5.49. The minimum absolute atomic E-state index is 0.0688. The molecule has 0 saturated carbocycles. The number of carbonyl (C=O) groups excluding carboxylic acids is 1. The predicted octanol–water partition coefficient (Wildman–Crippen LogP) is 3.28. The van der Waals surface area contributed by atoms with Gasteiger partial charge in [0.15, 0.2) is 0 Å². The zero-order valence-electron chi connectivity index (χ0n) is 7.56. The SMILES string of the molecule is CC(=O)Oc1cc(Cl)ccc1C(F)(F)F. The first-order valence-corrected chi connectivity index (χ1v) is 4.23. The molecule has 0 aromatic heterocycles. The fourth-order valence-electron chi connectivity index (χ4n) is 0.970. The topological polar surface area (TPSA) is 26.3 Å². The van der Waals surface area contributed by atoms with Crippen molar-refractivity contribution in [2.75, 3.05) is 0 Å². The van der Waals surface area contributed by atoms with E-state index in [1.165, 1.54) is 0 Å². The van der Waals surface area contributed by atoms with Gasteiger partial charge in [0.1, 0.15) is 5.75 Å². The van der Waals surface area contributed by atoms with Gasteiger partial charge in [-0.2, -0.15) is 13.2 Å². The molecule has 0 aliphatic carbocycles. The van der Waals surface area contributed by atoms with E-state index < -0.39 is 23.5 Å². The number of esters is 1. The van der Waals surface area contributed by atoms with Crippen LogP contribution in [0.15, 0.2) is 18.2 Å². The van der Waals surface area contributed by atoms with E-state index in [9.17, 15) is 18.0 Å². The van der Waals surface area contributed by atoms with Crippen LogP contribution in [0.25, 0.3) is 0 Å². The maximum Gasteiger partial charge on any atom is 0.419 e. The maximum absolute atomic E-state index is 12.4. The Bertz CT molecular complexity index is 387. The van der Waals surface area contributed by atoms with Gasteiger partial charge in [-0.25, -0.2) is 0 Å². The highest BCUT2D eigenvalue weighted by molar-refractivity contribution is 6.30. The van der Waals surface area contributed by atoms with Gasteiger partial charge >= 0.3 is 12.1 Å². The summed E-state index contributed by atoms with van der Waals surface area (Å²) in [5.74, 6) is -1.41. The third kappa shape index (κ3) is 3.13. The van der Waals surface area contributed by atoms with Crippen LogP contribution in [0.1, 0.15) is 12.5 Å². The normalized spacial score (nSPS) is 11.3. The smallest absolute Gasteiger partial charge is 0.419 e. The van der Waals surface area contributed by atoms with Gasteiger partial charge in [-0.15, -0.1) is 0 Å². The van der Waals surface area contributed by atoms with E-state index in [1.54, 1.807) is 0 Å². The first-order chi connectivity index (χ1) is 6.80. The molecule has 0 radical (unpaired) electrons. The maximum atomic E-state index is 12.4. The highest BCUT2D eigenvalue weighted by Gasteiger charge is 2.34. The lowest BCUT2D eigenvalue weighted by atomic mass is 10.2.